The van der Waals surface area contributed by atoms with E-state index in [0.29, 0.717) is 28.4 Å². The molecule has 148 valence electrons. The first-order valence-corrected chi connectivity index (χ1v) is 9.34. The van der Waals surface area contributed by atoms with Crippen LogP contribution >= 0.6 is 0 Å². The molecule has 2 amide bonds. The Hall–Kier alpha value is -3.68. The molecule has 0 aliphatic heterocycles. The Morgan fingerprint density at radius 1 is 1.03 bits per heavy atom. The number of carbonyl (C=O) groups is 2. The van der Waals surface area contributed by atoms with Crippen LogP contribution in [0.2, 0.25) is 0 Å². The summed E-state index contributed by atoms with van der Waals surface area (Å²) in [5.41, 5.74) is 2.93. The molecule has 0 spiro atoms. The van der Waals surface area contributed by atoms with Gasteiger partial charge in [-0.15, -0.1) is 5.10 Å². The number of methoxy groups -OCH3 is 1. The fourth-order valence-corrected chi connectivity index (χ4v) is 2.90. The molecule has 1 saturated carbocycles. The van der Waals surface area contributed by atoms with Crippen LogP contribution in [0.25, 0.3) is 5.69 Å². The second-order valence-corrected chi connectivity index (χ2v) is 6.91. The maximum Gasteiger partial charge on any atom is 0.273 e. The predicted molar refractivity (Wildman–Crippen MR) is 108 cm³/mol. The van der Waals surface area contributed by atoms with Crippen molar-refractivity contribution in [3.05, 3.63) is 65.5 Å². The number of nitrogens with zero attached hydrogens (tertiary/aromatic N) is 3. The third kappa shape index (κ3) is 4.11. The van der Waals surface area contributed by atoms with Crippen molar-refractivity contribution in [2.24, 2.45) is 0 Å². The average molecular weight is 391 g/mol. The van der Waals surface area contributed by atoms with Crippen LogP contribution in [0.3, 0.4) is 0 Å². The number of hydrogen-bond acceptors (Lipinski definition) is 5. The first-order valence-electron chi connectivity index (χ1n) is 9.34. The fraction of sp³-hybridized carbons (Fsp3) is 0.238. The van der Waals surface area contributed by atoms with Gasteiger partial charge in [0.15, 0.2) is 5.69 Å². The van der Waals surface area contributed by atoms with Gasteiger partial charge < -0.3 is 15.4 Å². The Morgan fingerprint density at radius 2 is 1.72 bits per heavy atom. The van der Waals surface area contributed by atoms with E-state index in [4.69, 9.17) is 4.74 Å². The Kier molecular flexibility index (Phi) is 4.99. The second kappa shape index (κ2) is 7.75. The summed E-state index contributed by atoms with van der Waals surface area (Å²) in [5, 5.41) is 13.9. The first kappa shape index (κ1) is 18.7. The number of anilines is 1. The van der Waals surface area contributed by atoms with Crippen molar-refractivity contribution in [2.45, 2.75) is 25.8 Å². The van der Waals surface area contributed by atoms with Crippen LogP contribution in [0, 0.1) is 6.92 Å². The van der Waals surface area contributed by atoms with Gasteiger partial charge in [-0.2, -0.15) is 0 Å². The van der Waals surface area contributed by atoms with Crippen LogP contribution in [-0.4, -0.2) is 40.0 Å². The molecule has 0 bridgehead atoms. The number of hydrogen-bond donors (Lipinski definition) is 2. The highest BCUT2D eigenvalue weighted by Gasteiger charge is 2.26. The zero-order chi connectivity index (χ0) is 20.4. The third-order valence-electron chi connectivity index (χ3n) is 4.74. The van der Waals surface area contributed by atoms with Gasteiger partial charge >= 0.3 is 0 Å². The smallest absolute Gasteiger partial charge is 0.273 e. The lowest BCUT2D eigenvalue weighted by Gasteiger charge is -2.08. The van der Waals surface area contributed by atoms with Gasteiger partial charge in [0.25, 0.3) is 11.8 Å². The van der Waals surface area contributed by atoms with Crippen LogP contribution in [0.1, 0.15) is 39.4 Å². The van der Waals surface area contributed by atoms with Crippen molar-refractivity contribution >= 4 is 17.5 Å². The van der Waals surface area contributed by atoms with Gasteiger partial charge in [-0.1, -0.05) is 5.21 Å². The van der Waals surface area contributed by atoms with Crippen molar-refractivity contribution in [3.8, 4) is 11.4 Å². The third-order valence-corrected chi connectivity index (χ3v) is 4.74. The van der Waals surface area contributed by atoms with Crippen LogP contribution < -0.4 is 15.4 Å². The number of benzene rings is 2. The first-order chi connectivity index (χ1) is 14.0. The van der Waals surface area contributed by atoms with E-state index in [0.717, 1.165) is 18.5 Å². The maximum atomic E-state index is 12.4. The molecule has 29 heavy (non-hydrogen) atoms. The minimum absolute atomic E-state index is 0.195. The summed E-state index contributed by atoms with van der Waals surface area (Å²) in [6, 6.07) is 14.3. The van der Waals surface area contributed by atoms with Gasteiger partial charge in [-0.05, 0) is 68.3 Å². The van der Waals surface area contributed by atoms with Gasteiger partial charge in [0.2, 0.25) is 0 Å². The van der Waals surface area contributed by atoms with E-state index in [-0.39, 0.29) is 17.9 Å². The van der Waals surface area contributed by atoms with Crippen LogP contribution in [-0.2, 0) is 0 Å². The van der Waals surface area contributed by atoms with E-state index in [1.165, 1.54) is 0 Å². The SMILES string of the molecule is COc1ccc(C(=O)Nc2ccc(-n3nnc(C(=O)NC4CC4)c3C)cc2)cc1. The molecule has 0 radical (unpaired) electrons. The highest BCUT2D eigenvalue weighted by atomic mass is 16.5. The van der Waals surface area contributed by atoms with Crippen molar-refractivity contribution < 1.29 is 14.3 Å². The molecule has 1 aliphatic carbocycles. The Labute approximate surface area is 167 Å². The molecule has 0 unspecified atom stereocenters. The summed E-state index contributed by atoms with van der Waals surface area (Å²) in [6.07, 6.45) is 2.03. The number of ether oxygens (including phenoxy) is 1. The number of amides is 2. The van der Waals surface area contributed by atoms with Gasteiger partial charge in [0, 0.05) is 17.3 Å². The predicted octanol–water partition coefficient (Wildman–Crippen LogP) is 2.73. The molecular formula is C21H21N5O3. The quantitative estimate of drug-likeness (QED) is 0.673. The van der Waals surface area contributed by atoms with Gasteiger partial charge in [0.1, 0.15) is 5.75 Å². The van der Waals surface area contributed by atoms with Crippen molar-refractivity contribution in [2.75, 3.05) is 12.4 Å². The molecule has 8 nitrogen and oxygen atoms in total. The summed E-state index contributed by atoms with van der Waals surface area (Å²) in [5.74, 6) is 0.287. The molecule has 4 rings (SSSR count). The zero-order valence-corrected chi connectivity index (χ0v) is 16.2. The van der Waals surface area contributed by atoms with E-state index < -0.39 is 0 Å². The van der Waals surface area contributed by atoms with Crippen molar-refractivity contribution in [1.82, 2.24) is 20.3 Å². The Bertz CT molecular complexity index is 1040. The Morgan fingerprint density at radius 3 is 2.34 bits per heavy atom. The molecule has 3 aromatic rings. The highest BCUT2D eigenvalue weighted by Crippen LogP contribution is 2.21. The normalized spacial score (nSPS) is 13.0. The summed E-state index contributed by atoms with van der Waals surface area (Å²) >= 11 is 0. The number of carbonyl (C=O) groups excluding carboxylic acids is 2. The molecule has 1 aliphatic rings. The van der Waals surface area contributed by atoms with Crippen LogP contribution in [0.4, 0.5) is 5.69 Å². The number of rotatable bonds is 6. The summed E-state index contributed by atoms with van der Waals surface area (Å²) in [6.45, 7) is 1.81. The molecule has 1 aromatic heterocycles. The van der Waals surface area contributed by atoms with Gasteiger partial charge in [-0.25, -0.2) is 4.68 Å². The molecule has 2 N–H and O–H groups in total. The molecule has 2 aromatic carbocycles. The number of nitrogens with one attached hydrogen (secondary N) is 2. The standard InChI is InChI=1S/C21H21N5O3/c1-13-19(21(28)23-15-5-6-15)24-25-26(13)17-9-7-16(8-10-17)22-20(27)14-3-11-18(29-2)12-4-14/h3-4,7-12,15H,5-6H2,1-2H3,(H,22,27)(H,23,28). The second-order valence-electron chi connectivity index (χ2n) is 6.91. The summed E-state index contributed by atoms with van der Waals surface area (Å²) in [7, 11) is 1.58. The molecule has 1 fully saturated rings. The lowest BCUT2D eigenvalue weighted by molar-refractivity contribution is 0.0944. The average Bonchev–Trinajstić information content (AvgIpc) is 3.47. The topological polar surface area (TPSA) is 98.1 Å². The van der Waals surface area contributed by atoms with Crippen LogP contribution in [0.15, 0.2) is 48.5 Å². The van der Waals surface area contributed by atoms with Crippen molar-refractivity contribution in [3.63, 3.8) is 0 Å². The maximum absolute atomic E-state index is 12.4. The van der Waals surface area contributed by atoms with E-state index >= 15 is 0 Å². The summed E-state index contributed by atoms with van der Waals surface area (Å²) < 4.78 is 6.71. The van der Waals surface area contributed by atoms with Gasteiger partial charge in [0.05, 0.1) is 18.5 Å². The molecule has 1 heterocycles. The molecule has 0 atom stereocenters. The molecular weight excluding hydrogens is 370 g/mol. The Balaban J connectivity index is 1.45. The number of aromatic nitrogens is 3. The largest absolute Gasteiger partial charge is 0.497 e. The van der Waals surface area contributed by atoms with E-state index in [1.807, 2.05) is 12.1 Å². The highest BCUT2D eigenvalue weighted by molar-refractivity contribution is 6.04. The monoisotopic (exact) mass is 391 g/mol. The summed E-state index contributed by atoms with van der Waals surface area (Å²) in [4.78, 5) is 24.6. The van der Waals surface area contributed by atoms with E-state index in [1.54, 1.807) is 55.1 Å². The van der Waals surface area contributed by atoms with E-state index in [9.17, 15) is 9.59 Å². The minimum atomic E-state index is -0.212. The zero-order valence-electron chi connectivity index (χ0n) is 16.2. The fourth-order valence-electron chi connectivity index (χ4n) is 2.90. The van der Waals surface area contributed by atoms with Gasteiger partial charge in [-0.3, -0.25) is 9.59 Å². The molecule has 0 saturated heterocycles. The van der Waals surface area contributed by atoms with E-state index in [2.05, 4.69) is 20.9 Å². The lowest BCUT2D eigenvalue weighted by atomic mass is 10.2. The minimum Gasteiger partial charge on any atom is -0.497 e. The lowest BCUT2D eigenvalue weighted by Crippen LogP contribution is -2.26. The van der Waals surface area contributed by atoms with Crippen molar-refractivity contribution in [1.29, 1.82) is 0 Å². The molecule has 8 heteroatoms. The van der Waals surface area contributed by atoms with Crippen LogP contribution in [0.5, 0.6) is 5.75 Å².